The monoisotopic (exact) mass is 474 g/mol. The van der Waals surface area contributed by atoms with E-state index in [1.165, 1.54) is 18.2 Å². The fourth-order valence-electron chi connectivity index (χ4n) is 3.55. The molecular weight excluding hydrogens is 450 g/mol. The van der Waals surface area contributed by atoms with E-state index in [4.69, 9.17) is 16.3 Å². The first-order valence-electron chi connectivity index (χ1n) is 10.8. The molecule has 4 aromatic rings. The molecule has 0 aliphatic rings. The molecule has 0 bridgehead atoms. The predicted molar refractivity (Wildman–Crippen MR) is 133 cm³/mol. The Kier molecular flexibility index (Phi) is 7.35. The van der Waals surface area contributed by atoms with Crippen molar-refractivity contribution in [3.8, 4) is 11.1 Å². The Bertz CT molecular complexity index is 1330. The van der Waals surface area contributed by atoms with Crippen LogP contribution in [-0.4, -0.2) is 5.91 Å². The van der Waals surface area contributed by atoms with Gasteiger partial charge in [0.1, 0.15) is 11.6 Å². The zero-order valence-electron chi connectivity index (χ0n) is 18.7. The Morgan fingerprint density at radius 2 is 1.51 bits per heavy atom. The van der Waals surface area contributed by atoms with Gasteiger partial charge in [-0.1, -0.05) is 48.5 Å². The van der Waals surface area contributed by atoms with E-state index in [0.717, 1.165) is 23.3 Å². The maximum Gasteiger partial charge on any atom is 0.258 e. The lowest BCUT2D eigenvalue weighted by Gasteiger charge is -2.12. The SMILES string of the molecule is NNc1cc(-c2ccc(F)c(C(=O)Nc3ccc(COCc4ccccc4)cc3)c2)c(F)cc1N. The number of anilines is 3. The number of hydrogen-bond donors (Lipinski definition) is 4. The number of nitrogens with two attached hydrogens (primary N) is 2. The quantitative estimate of drug-likeness (QED) is 0.154. The molecule has 6 N–H and O–H groups in total. The van der Waals surface area contributed by atoms with Crippen LogP contribution in [0, 0.1) is 11.6 Å². The molecule has 4 rings (SSSR count). The minimum atomic E-state index is -0.731. The van der Waals surface area contributed by atoms with Crippen LogP contribution in [0.25, 0.3) is 11.1 Å². The molecule has 0 aromatic heterocycles. The molecule has 35 heavy (non-hydrogen) atoms. The van der Waals surface area contributed by atoms with Gasteiger partial charge in [0, 0.05) is 11.3 Å². The van der Waals surface area contributed by atoms with Crippen molar-refractivity contribution in [2.24, 2.45) is 5.84 Å². The molecule has 0 fully saturated rings. The fourth-order valence-corrected chi connectivity index (χ4v) is 3.55. The molecule has 4 aromatic carbocycles. The highest BCUT2D eigenvalue weighted by molar-refractivity contribution is 6.05. The van der Waals surface area contributed by atoms with Crippen LogP contribution in [0.4, 0.5) is 25.8 Å². The average Bonchev–Trinajstić information content (AvgIpc) is 2.86. The first-order chi connectivity index (χ1) is 16.9. The van der Waals surface area contributed by atoms with Crippen molar-refractivity contribution >= 4 is 23.0 Å². The van der Waals surface area contributed by atoms with Crippen molar-refractivity contribution in [2.45, 2.75) is 13.2 Å². The van der Waals surface area contributed by atoms with Crippen LogP contribution in [0.3, 0.4) is 0 Å². The van der Waals surface area contributed by atoms with Crippen LogP contribution < -0.4 is 22.3 Å². The summed E-state index contributed by atoms with van der Waals surface area (Å²) in [5, 5.41) is 2.67. The Morgan fingerprint density at radius 3 is 2.20 bits per heavy atom. The smallest absolute Gasteiger partial charge is 0.258 e. The number of rotatable bonds is 8. The normalized spacial score (nSPS) is 10.7. The zero-order chi connectivity index (χ0) is 24.8. The first kappa shape index (κ1) is 23.9. The molecule has 6 nitrogen and oxygen atoms in total. The third-order valence-corrected chi connectivity index (χ3v) is 5.41. The third kappa shape index (κ3) is 5.81. The second kappa shape index (κ2) is 10.8. The van der Waals surface area contributed by atoms with Gasteiger partial charge in [0.2, 0.25) is 0 Å². The van der Waals surface area contributed by atoms with E-state index in [9.17, 15) is 13.6 Å². The zero-order valence-corrected chi connectivity index (χ0v) is 18.7. The lowest BCUT2D eigenvalue weighted by molar-refractivity contribution is 0.102. The van der Waals surface area contributed by atoms with Gasteiger partial charge in [-0.05, 0) is 53.1 Å². The van der Waals surface area contributed by atoms with Gasteiger partial charge in [-0.25, -0.2) is 8.78 Å². The molecule has 1 amide bonds. The standard InChI is InChI=1S/C27H24F2N4O2/c28-23-11-8-19(21-13-26(33-31)25(30)14-24(21)29)12-22(23)27(34)32-20-9-6-18(7-10-20)16-35-15-17-4-2-1-3-5-17/h1-14,33H,15-16,30-31H2,(H,32,34). The average molecular weight is 475 g/mol. The van der Waals surface area contributed by atoms with E-state index >= 15 is 0 Å². The van der Waals surface area contributed by atoms with Crippen molar-refractivity contribution in [1.29, 1.82) is 0 Å². The maximum absolute atomic E-state index is 14.5. The van der Waals surface area contributed by atoms with Crippen LogP contribution >= 0.6 is 0 Å². The van der Waals surface area contributed by atoms with Gasteiger partial charge < -0.3 is 21.2 Å². The Balaban J connectivity index is 1.44. The molecule has 0 saturated carbocycles. The molecule has 0 spiro atoms. The van der Waals surface area contributed by atoms with Gasteiger partial charge in [-0.15, -0.1) is 0 Å². The minimum absolute atomic E-state index is 0.126. The second-order valence-corrected chi connectivity index (χ2v) is 7.89. The van der Waals surface area contributed by atoms with Crippen molar-refractivity contribution < 1.29 is 18.3 Å². The van der Waals surface area contributed by atoms with Gasteiger partial charge in [0.05, 0.1) is 30.2 Å². The summed E-state index contributed by atoms with van der Waals surface area (Å²) in [6.45, 7) is 0.902. The van der Waals surface area contributed by atoms with E-state index in [2.05, 4.69) is 10.7 Å². The lowest BCUT2D eigenvalue weighted by atomic mass is 10.0. The van der Waals surface area contributed by atoms with E-state index in [1.807, 2.05) is 42.5 Å². The summed E-state index contributed by atoms with van der Waals surface area (Å²) in [6, 6.07) is 23.2. The summed E-state index contributed by atoms with van der Waals surface area (Å²) in [5.41, 5.74) is 11.2. The number of amides is 1. The number of nitrogen functional groups attached to an aromatic ring is 2. The summed E-state index contributed by atoms with van der Waals surface area (Å²) in [6.07, 6.45) is 0. The highest BCUT2D eigenvalue weighted by Gasteiger charge is 2.16. The van der Waals surface area contributed by atoms with Gasteiger partial charge >= 0.3 is 0 Å². The Hall–Kier alpha value is -4.27. The largest absolute Gasteiger partial charge is 0.397 e. The number of hydrazine groups is 1. The van der Waals surface area contributed by atoms with Gasteiger partial charge in [-0.2, -0.15) is 0 Å². The van der Waals surface area contributed by atoms with Gasteiger partial charge in [0.25, 0.3) is 5.91 Å². The highest BCUT2D eigenvalue weighted by Crippen LogP contribution is 2.31. The van der Waals surface area contributed by atoms with Gasteiger partial charge in [-0.3, -0.25) is 10.6 Å². The van der Waals surface area contributed by atoms with Crippen molar-refractivity contribution in [3.63, 3.8) is 0 Å². The molecule has 0 heterocycles. The van der Waals surface area contributed by atoms with E-state index < -0.39 is 17.5 Å². The molecule has 0 aliphatic carbocycles. The summed E-state index contributed by atoms with van der Waals surface area (Å²) < 4.78 is 34.7. The minimum Gasteiger partial charge on any atom is -0.397 e. The van der Waals surface area contributed by atoms with Crippen LogP contribution in [0.1, 0.15) is 21.5 Å². The summed E-state index contributed by atoms with van der Waals surface area (Å²) in [5.74, 6) is 3.40. The summed E-state index contributed by atoms with van der Waals surface area (Å²) in [4.78, 5) is 12.8. The van der Waals surface area contributed by atoms with E-state index in [0.29, 0.717) is 30.2 Å². The molecule has 0 aliphatic heterocycles. The number of halogens is 2. The first-order valence-corrected chi connectivity index (χ1v) is 10.8. The fraction of sp³-hybridized carbons (Fsp3) is 0.0741. The summed E-state index contributed by atoms with van der Waals surface area (Å²) >= 11 is 0. The number of benzene rings is 4. The van der Waals surface area contributed by atoms with Crippen molar-refractivity contribution in [1.82, 2.24) is 0 Å². The predicted octanol–water partition coefficient (Wildman–Crippen LogP) is 5.47. The van der Waals surface area contributed by atoms with Crippen molar-refractivity contribution in [2.75, 3.05) is 16.5 Å². The molecule has 178 valence electrons. The van der Waals surface area contributed by atoms with Crippen LogP contribution in [0.15, 0.2) is 84.9 Å². The Labute approximate surface area is 201 Å². The second-order valence-electron chi connectivity index (χ2n) is 7.89. The molecule has 0 unspecified atom stereocenters. The Morgan fingerprint density at radius 1 is 0.829 bits per heavy atom. The summed E-state index contributed by atoms with van der Waals surface area (Å²) in [7, 11) is 0. The molecule has 8 heteroatoms. The van der Waals surface area contributed by atoms with Crippen LogP contribution in [0.2, 0.25) is 0 Å². The number of carbonyl (C=O) groups excluding carboxylic acids is 1. The van der Waals surface area contributed by atoms with Crippen LogP contribution in [-0.2, 0) is 18.0 Å². The van der Waals surface area contributed by atoms with Crippen LogP contribution in [0.5, 0.6) is 0 Å². The highest BCUT2D eigenvalue weighted by atomic mass is 19.1. The number of nitrogens with one attached hydrogen (secondary N) is 2. The number of hydrogen-bond acceptors (Lipinski definition) is 5. The van der Waals surface area contributed by atoms with Crippen molar-refractivity contribution in [3.05, 3.63) is 113 Å². The molecule has 0 radical (unpaired) electrons. The topological polar surface area (TPSA) is 102 Å². The van der Waals surface area contributed by atoms with E-state index in [-0.39, 0.29) is 16.8 Å². The lowest BCUT2D eigenvalue weighted by Crippen LogP contribution is -2.14. The molecule has 0 saturated heterocycles. The number of ether oxygens (including phenoxy) is 1. The van der Waals surface area contributed by atoms with E-state index in [1.54, 1.807) is 12.1 Å². The van der Waals surface area contributed by atoms with Gasteiger partial charge in [0.15, 0.2) is 0 Å². The molecular formula is C27H24F2N4O2. The molecule has 0 atom stereocenters. The maximum atomic E-state index is 14.5. The third-order valence-electron chi connectivity index (χ3n) is 5.41. The number of carbonyl (C=O) groups is 1.